The maximum Gasteiger partial charge on any atom is 0.339 e. The maximum atomic E-state index is 13.1. The van der Waals surface area contributed by atoms with E-state index in [9.17, 15) is 9.59 Å². The molecule has 1 heterocycles. The smallest absolute Gasteiger partial charge is 0.339 e. The first kappa shape index (κ1) is 26.2. The molecule has 0 saturated heterocycles. The molecule has 0 aliphatic carbocycles. The van der Waals surface area contributed by atoms with Gasteiger partial charge in [-0.3, -0.25) is 4.79 Å². The number of ether oxygens (including phenoxy) is 2. The molecular weight excluding hydrogens is 535 g/mol. The predicted octanol–water partition coefficient (Wildman–Crippen LogP) is 7.58. The third kappa shape index (κ3) is 6.37. The number of hydrogen-bond donors (Lipinski definition) is 1. The lowest BCUT2D eigenvalue weighted by Crippen LogP contribution is -2.21. The van der Waals surface area contributed by atoms with Gasteiger partial charge in [-0.1, -0.05) is 77.8 Å². The number of para-hydroxylation sites is 1. The van der Waals surface area contributed by atoms with Gasteiger partial charge in [0.2, 0.25) is 0 Å². The van der Waals surface area contributed by atoms with E-state index in [1.807, 2.05) is 72.8 Å². The summed E-state index contributed by atoms with van der Waals surface area (Å²) in [6.07, 6.45) is 0. The lowest BCUT2D eigenvalue weighted by Gasteiger charge is -2.12. The second-order valence-electron chi connectivity index (χ2n) is 8.60. The number of anilines is 1. The van der Waals surface area contributed by atoms with Crippen LogP contribution < -0.4 is 10.1 Å². The lowest BCUT2D eigenvalue weighted by atomic mass is 10.0. The van der Waals surface area contributed by atoms with Gasteiger partial charge in [0.25, 0.3) is 5.91 Å². The molecule has 0 bridgehead atoms. The molecule has 5 rings (SSSR count). The van der Waals surface area contributed by atoms with E-state index in [0.29, 0.717) is 45.2 Å². The molecule has 0 aliphatic rings. The number of amides is 1. The van der Waals surface area contributed by atoms with E-state index in [1.165, 1.54) is 0 Å². The first-order valence-corrected chi connectivity index (χ1v) is 12.8. The molecule has 1 aromatic heterocycles. The van der Waals surface area contributed by atoms with Gasteiger partial charge in [0.15, 0.2) is 6.61 Å². The molecule has 0 spiro atoms. The summed E-state index contributed by atoms with van der Waals surface area (Å²) in [5, 5.41) is 3.73. The standard InChI is InChI=1S/C31H22Cl2N2O4/c32-25-10-6-12-27(30(25)33)35-29(36)19-39-31(37)24-17-28(34-26-11-5-4-9-23(24)26)21-13-15-22(16-14-21)38-18-20-7-2-1-3-8-20/h1-17H,18-19H2,(H,35,36). The van der Waals surface area contributed by atoms with Crippen LogP contribution in [0, 0.1) is 0 Å². The topological polar surface area (TPSA) is 77.5 Å². The highest BCUT2D eigenvalue weighted by atomic mass is 35.5. The number of carbonyl (C=O) groups is 2. The van der Waals surface area contributed by atoms with Crippen molar-refractivity contribution in [2.24, 2.45) is 0 Å². The minimum absolute atomic E-state index is 0.208. The van der Waals surface area contributed by atoms with Gasteiger partial charge < -0.3 is 14.8 Å². The second-order valence-corrected chi connectivity index (χ2v) is 9.38. The molecule has 0 unspecified atom stereocenters. The number of nitrogens with zero attached hydrogens (tertiary/aromatic N) is 1. The van der Waals surface area contributed by atoms with E-state index in [1.54, 1.807) is 30.3 Å². The average molecular weight is 557 g/mol. The van der Waals surface area contributed by atoms with Crippen LogP contribution in [-0.4, -0.2) is 23.5 Å². The molecular formula is C31H22Cl2N2O4. The van der Waals surface area contributed by atoms with Crippen molar-refractivity contribution in [1.29, 1.82) is 0 Å². The molecule has 1 N–H and O–H groups in total. The molecule has 1 amide bonds. The monoisotopic (exact) mass is 556 g/mol. The fourth-order valence-corrected chi connectivity index (χ4v) is 4.30. The van der Waals surface area contributed by atoms with Gasteiger partial charge in [0.05, 0.1) is 32.5 Å². The Morgan fingerprint density at radius 1 is 0.821 bits per heavy atom. The van der Waals surface area contributed by atoms with E-state index >= 15 is 0 Å². The molecule has 6 nitrogen and oxygen atoms in total. The SMILES string of the molecule is O=C(COC(=O)c1cc(-c2ccc(OCc3ccccc3)cc2)nc2ccccc12)Nc1cccc(Cl)c1Cl. The van der Waals surface area contributed by atoms with E-state index in [4.69, 9.17) is 37.7 Å². The first-order chi connectivity index (χ1) is 19.0. The minimum atomic E-state index is -0.648. The van der Waals surface area contributed by atoms with Gasteiger partial charge in [-0.15, -0.1) is 0 Å². The van der Waals surface area contributed by atoms with E-state index in [0.717, 1.165) is 11.1 Å². The Bertz CT molecular complexity index is 1640. The van der Waals surface area contributed by atoms with Crippen LogP contribution in [0.3, 0.4) is 0 Å². The zero-order valence-corrected chi connectivity index (χ0v) is 22.1. The molecule has 4 aromatic carbocycles. The summed E-state index contributed by atoms with van der Waals surface area (Å²) < 4.78 is 11.2. The van der Waals surface area contributed by atoms with Crippen LogP contribution in [0.1, 0.15) is 15.9 Å². The zero-order valence-electron chi connectivity index (χ0n) is 20.6. The molecule has 8 heteroatoms. The highest BCUT2D eigenvalue weighted by Crippen LogP contribution is 2.30. The van der Waals surface area contributed by atoms with Crippen LogP contribution in [-0.2, 0) is 16.1 Å². The lowest BCUT2D eigenvalue weighted by molar-refractivity contribution is -0.119. The van der Waals surface area contributed by atoms with Crippen LogP contribution in [0.15, 0.2) is 103 Å². The van der Waals surface area contributed by atoms with Crippen molar-refractivity contribution in [3.8, 4) is 17.0 Å². The summed E-state index contributed by atoms with van der Waals surface area (Å²) in [5.41, 5.74) is 3.72. The van der Waals surface area contributed by atoms with Gasteiger partial charge in [-0.2, -0.15) is 0 Å². The average Bonchev–Trinajstić information content (AvgIpc) is 2.97. The number of halogens is 2. The zero-order chi connectivity index (χ0) is 27.2. The van der Waals surface area contributed by atoms with Crippen molar-refractivity contribution in [3.05, 3.63) is 124 Å². The van der Waals surface area contributed by atoms with Crippen LogP contribution in [0.4, 0.5) is 5.69 Å². The number of carbonyl (C=O) groups excluding carboxylic acids is 2. The van der Waals surface area contributed by atoms with Gasteiger partial charge in [0, 0.05) is 10.9 Å². The Balaban J connectivity index is 1.32. The highest BCUT2D eigenvalue weighted by molar-refractivity contribution is 6.44. The normalized spacial score (nSPS) is 10.7. The van der Waals surface area contributed by atoms with Crippen molar-refractivity contribution < 1.29 is 19.1 Å². The van der Waals surface area contributed by atoms with E-state index < -0.39 is 18.5 Å². The number of aromatic nitrogens is 1. The molecule has 0 aliphatic heterocycles. The summed E-state index contributed by atoms with van der Waals surface area (Å²) in [4.78, 5) is 30.2. The van der Waals surface area contributed by atoms with E-state index in [2.05, 4.69) is 5.32 Å². The van der Waals surface area contributed by atoms with Crippen molar-refractivity contribution in [2.45, 2.75) is 6.61 Å². The molecule has 0 saturated carbocycles. The van der Waals surface area contributed by atoms with E-state index in [-0.39, 0.29) is 5.02 Å². The number of hydrogen-bond acceptors (Lipinski definition) is 5. The van der Waals surface area contributed by atoms with Gasteiger partial charge >= 0.3 is 5.97 Å². The summed E-state index contributed by atoms with van der Waals surface area (Å²) >= 11 is 12.1. The Morgan fingerprint density at radius 2 is 1.56 bits per heavy atom. The maximum absolute atomic E-state index is 13.1. The molecule has 0 radical (unpaired) electrons. The van der Waals surface area contributed by atoms with Crippen molar-refractivity contribution >= 4 is 51.7 Å². The van der Waals surface area contributed by atoms with Crippen LogP contribution in [0.25, 0.3) is 22.2 Å². The number of nitrogens with one attached hydrogen (secondary N) is 1. The molecule has 0 fully saturated rings. The largest absolute Gasteiger partial charge is 0.489 e. The van der Waals surface area contributed by atoms with Crippen molar-refractivity contribution in [3.63, 3.8) is 0 Å². The number of rotatable bonds is 8. The summed E-state index contributed by atoms with van der Waals surface area (Å²) in [6, 6.07) is 31.2. The van der Waals surface area contributed by atoms with Crippen LogP contribution in [0.2, 0.25) is 10.0 Å². The summed E-state index contributed by atoms with van der Waals surface area (Å²) in [6.45, 7) is -0.0391. The summed E-state index contributed by atoms with van der Waals surface area (Å²) in [7, 11) is 0. The van der Waals surface area contributed by atoms with Crippen molar-refractivity contribution in [2.75, 3.05) is 11.9 Å². The summed E-state index contributed by atoms with van der Waals surface area (Å²) in [5.74, 6) is -0.476. The number of pyridine rings is 1. The van der Waals surface area contributed by atoms with Crippen molar-refractivity contribution in [1.82, 2.24) is 4.98 Å². The Morgan fingerprint density at radius 3 is 2.36 bits per heavy atom. The second kappa shape index (κ2) is 12.0. The Hall–Kier alpha value is -4.39. The highest BCUT2D eigenvalue weighted by Gasteiger charge is 2.17. The van der Waals surface area contributed by atoms with Crippen LogP contribution in [0.5, 0.6) is 5.75 Å². The van der Waals surface area contributed by atoms with Crippen LogP contribution >= 0.6 is 23.2 Å². The predicted molar refractivity (Wildman–Crippen MR) is 153 cm³/mol. The minimum Gasteiger partial charge on any atom is -0.489 e. The van der Waals surface area contributed by atoms with Gasteiger partial charge in [-0.05, 0) is 54.1 Å². The number of benzene rings is 4. The fraction of sp³-hybridized carbons (Fsp3) is 0.0645. The molecule has 39 heavy (non-hydrogen) atoms. The third-order valence-electron chi connectivity index (χ3n) is 5.89. The fourth-order valence-electron chi connectivity index (χ4n) is 3.95. The third-order valence-corrected chi connectivity index (χ3v) is 6.71. The molecule has 194 valence electrons. The Labute approximate surface area is 235 Å². The number of esters is 1. The first-order valence-electron chi connectivity index (χ1n) is 12.1. The molecule has 0 atom stereocenters. The Kier molecular flexibility index (Phi) is 8.06. The van der Waals surface area contributed by atoms with Gasteiger partial charge in [0.1, 0.15) is 12.4 Å². The quantitative estimate of drug-likeness (QED) is 0.199. The van der Waals surface area contributed by atoms with Gasteiger partial charge in [-0.25, -0.2) is 9.78 Å². The molecule has 5 aromatic rings. The number of fused-ring (bicyclic) bond motifs is 1.